The van der Waals surface area contributed by atoms with E-state index in [-0.39, 0.29) is 0 Å². The molecule has 1 atom stereocenters. The van der Waals surface area contributed by atoms with Crippen LogP contribution in [0.15, 0.2) is 18.5 Å². The number of piperazine rings is 1. The SMILES string of the molecule is C[C@@H]1CN(Cc2ccncc2Cl)CCN1. The molecule has 1 aliphatic rings. The maximum atomic E-state index is 6.08. The first kappa shape index (κ1) is 10.9. The van der Waals surface area contributed by atoms with Crippen LogP contribution < -0.4 is 5.32 Å². The number of halogens is 1. The molecule has 1 saturated heterocycles. The van der Waals surface area contributed by atoms with Gasteiger partial charge in [0.2, 0.25) is 0 Å². The second-order valence-corrected chi connectivity index (χ2v) is 4.46. The van der Waals surface area contributed by atoms with Crippen molar-refractivity contribution in [3.63, 3.8) is 0 Å². The molecule has 2 heterocycles. The lowest BCUT2D eigenvalue weighted by molar-refractivity contribution is 0.199. The van der Waals surface area contributed by atoms with Crippen LogP contribution >= 0.6 is 11.6 Å². The van der Waals surface area contributed by atoms with E-state index >= 15 is 0 Å². The van der Waals surface area contributed by atoms with E-state index in [2.05, 4.69) is 22.1 Å². The van der Waals surface area contributed by atoms with Gasteiger partial charge in [-0.05, 0) is 18.6 Å². The molecule has 0 saturated carbocycles. The molecule has 15 heavy (non-hydrogen) atoms. The van der Waals surface area contributed by atoms with Gasteiger partial charge in [0.1, 0.15) is 0 Å². The van der Waals surface area contributed by atoms with Crippen molar-refractivity contribution < 1.29 is 0 Å². The third-order valence-corrected chi connectivity index (χ3v) is 3.04. The Morgan fingerprint density at radius 1 is 1.67 bits per heavy atom. The highest BCUT2D eigenvalue weighted by Crippen LogP contribution is 2.16. The molecule has 0 aromatic carbocycles. The minimum absolute atomic E-state index is 0.569. The summed E-state index contributed by atoms with van der Waals surface area (Å²) in [5, 5.41) is 4.19. The highest BCUT2D eigenvalue weighted by Gasteiger charge is 2.16. The summed E-state index contributed by atoms with van der Waals surface area (Å²) in [6.45, 7) is 6.36. The predicted molar refractivity (Wildman–Crippen MR) is 62.0 cm³/mol. The number of nitrogens with one attached hydrogen (secondary N) is 1. The monoisotopic (exact) mass is 225 g/mol. The smallest absolute Gasteiger partial charge is 0.0634 e. The maximum Gasteiger partial charge on any atom is 0.0634 e. The lowest BCUT2D eigenvalue weighted by Crippen LogP contribution is -2.48. The van der Waals surface area contributed by atoms with Crippen LogP contribution in [0.5, 0.6) is 0 Å². The van der Waals surface area contributed by atoms with Crippen LogP contribution in [0.25, 0.3) is 0 Å². The summed E-state index contributed by atoms with van der Waals surface area (Å²) in [7, 11) is 0. The molecule has 3 nitrogen and oxygen atoms in total. The number of aromatic nitrogens is 1. The Morgan fingerprint density at radius 3 is 3.27 bits per heavy atom. The average molecular weight is 226 g/mol. The number of hydrogen-bond acceptors (Lipinski definition) is 3. The van der Waals surface area contributed by atoms with Crippen molar-refractivity contribution >= 4 is 11.6 Å². The van der Waals surface area contributed by atoms with E-state index in [4.69, 9.17) is 11.6 Å². The van der Waals surface area contributed by atoms with Gasteiger partial charge < -0.3 is 5.32 Å². The summed E-state index contributed by atoms with van der Waals surface area (Å²) in [6.07, 6.45) is 3.51. The van der Waals surface area contributed by atoms with Gasteiger partial charge in [-0.3, -0.25) is 9.88 Å². The summed E-state index contributed by atoms with van der Waals surface area (Å²) in [6, 6.07) is 2.56. The molecule has 0 amide bonds. The molecular weight excluding hydrogens is 210 g/mol. The molecule has 1 aromatic rings. The summed E-state index contributed by atoms with van der Waals surface area (Å²) in [5.74, 6) is 0. The molecule has 0 aliphatic carbocycles. The largest absolute Gasteiger partial charge is 0.312 e. The van der Waals surface area contributed by atoms with Gasteiger partial charge in [0.15, 0.2) is 0 Å². The van der Waals surface area contributed by atoms with E-state index in [9.17, 15) is 0 Å². The fraction of sp³-hybridized carbons (Fsp3) is 0.545. The first-order valence-electron chi connectivity index (χ1n) is 5.30. The molecule has 1 aromatic heterocycles. The third-order valence-electron chi connectivity index (χ3n) is 2.70. The van der Waals surface area contributed by atoms with Crippen LogP contribution in [0.4, 0.5) is 0 Å². The Labute approximate surface area is 95.4 Å². The zero-order chi connectivity index (χ0) is 10.7. The highest BCUT2D eigenvalue weighted by atomic mass is 35.5. The summed E-state index contributed by atoms with van der Waals surface area (Å²) in [5.41, 5.74) is 1.17. The Bertz CT molecular complexity index is 329. The zero-order valence-electron chi connectivity index (χ0n) is 8.91. The molecule has 0 unspecified atom stereocenters. The van der Waals surface area contributed by atoms with Gasteiger partial charge in [-0.1, -0.05) is 11.6 Å². The lowest BCUT2D eigenvalue weighted by Gasteiger charge is -2.31. The van der Waals surface area contributed by atoms with Crippen LogP contribution in [0.2, 0.25) is 5.02 Å². The van der Waals surface area contributed by atoms with E-state index in [0.29, 0.717) is 6.04 Å². The quantitative estimate of drug-likeness (QED) is 0.828. The van der Waals surface area contributed by atoms with Gasteiger partial charge in [0.05, 0.1) is 5.02 Å². The van der Waals surface area contributed by atoms with Gasteiger partial charge in [-0.15, -0.1) is 0 Å². The van der Waals surface area contributed by atoms with Gasteiger partial charge >= 0.3 is 0 Å². The lowest BCUT2D eigenvalue weighted by atomic mass is 10.2. The minimum atomic E-state index is 0.569. The van der Waals surface area contributed by atoms with Gasteiger partial charge in [0, 0.05) is 44.6 Å². The summed E-state index contributed by atoms with van der Waals surface area (Å²) >= 11 is 6.08. The Kier molecular flexibility index (Phi) is 3.57. The molecule has 82 valence electrons. The van der Waals surface area contributed by atoms with Crippen LogP contribution in [0.1, 0.15) is 12.5 Å². The van der Waals surface area contributed by atoms with E-state index in [0.717, 1.165) is 31.2 Å². The standard InChI is InChI=1S/C11H16ClN3/c1-9-7-15(5-4-14-9)8-10-2-3-13-6-11(10)12/h2-3,6,9,14H,4-5,7-8H2,1H3/t9-/m1/s1. The fourth-order valence-electron chi connectivity index (χ4n) is 1.93. The van der Waals surface area contributed by atoms with Gasteiger partial charge in [0.25, 0.3) is 0 Å². The maximum absolute atomic E-state index is 6.08. The van der Waals surface area contributed by atoms with Gasteiger partial charge in [-0.2, -0.15) is 0 Å². The number of hydrogen-bond donors (Lipinski definition) is 1. The first-order chi connectivity index (χ1) is 7.25. The average Bonchev–Trinajstić information content (AvgIpc) is 2.22. The molecule has 0 bridgehead atoms. The topological polar surface area (TPSA) is 28.2 Å². The molecule has 1 aliphatic heterocycles. The predicted octanol–water partition coefficient (Wildman–Crippen LogP) is 1.53. The second-order valence-electron chi connectivity index (χ2n) is 4.06. The van der Waals surface area contributed by atoms with Crippen molar-refractivity contribution in [3.8, 4) is 0 Å². The molecule has 2 rings (SSSR count). The van der Waals surface area contributed by atoms with Crippen molar-refractivity contribution in [1.29, 1.82) is 0 Å². The first-order valence-corrected chi connectivity index (χ1v) is 5.67. The fourth-order valence-corrected chi connectivity index (χ4v) is 2.11. The van der Waals surface area contributed by atoms with Crippen LogP contribution in [-0.2, 0) is 6.54 Å². The Balaban J connectivity index is 1.99. The van der Waals surface area contributed by atoms with Crippen LogP contribution in [-0.4, -0.2) is 35.6 Å². The van der Waals surface area contributed by atoms with E-state index in [1.165, 1.54) is 5.56 Å². The normalized spacial score (nSPS) is 22.9. The molecule has 1 N–H and O–H groups in total. The second kappa shape index (κ2) is 4.92. The molecule has 0 spiro atoms. The number of pyridine rings is 1. The summed E-state index contributed by atoms with van der Waals surface area (Å²) in [4.78, 5) is 6.41. The van der Waals surface area contributed by atoms with Crippen molar-refractivity contribution in [2.75, 3.05) is 19.6 Å². The molecule has 1 fully saturated rings. The van der Waals surface area contributed by atoms with Crippen LogP contribution in [0.3, 0.4) is 0 Å². The van der Waals surface area contributed by atoms with E-state index < -0.39 is 0 Å². The molecular formula is C11H16ClN3. The van der Waals surface area contributed by atoms with Crippen molar-refractivity contribution in [2.45, 2.75) is 19.5 Å². The highest BCUT2D eigenvalue weighted by molar-refractivity contribution is 6.31. The van der Waals surface area contributed by atoms with Crippen molar-refractivity contribution in [1.82, 2.24) is 15.2 Å². The van der Waals surface area contributed by atoms with Crippen LogP contribution in [0, 0.1) is 0 Å². The van der Waals surface area contributed by atoms with E-state index in [1.807, 2.05) is 6.07 Å². The molecule has 0 radical (unpaired) electrons. The zero-order valence-corrected chi connectivity index (χ0v) is 9.67. The summed E-state index contributed by atoms with van der Waals surface area (Å²) < 4.78 is 0. The minimum Gasteiger partial charge on any atom is -0.312 e. The van der Waals surface area contributed by atoms with Crippen molar-refractivity contribution in [3.05, 3.63) is 29.0 Å². The molecule has 4 heteroatoms. The Hall–Kier alpha value is -0.640. The third kappa shape index (κ3) is 2.91. The van der Waals surface area contributed by atoms with Gasteiger partial charge in [-0.25, -0.2) is 0 Å². The number of rotatable bonds is 2. The number of nitrogens with zero attached hydrogens (tertiary/aromatic N) is 2. The van der Waals surface area contributed by atoms with Crippen molar-refractivity contribution in [2.24, 2.45) is 0 Å². The Morgan fingerprint density at radius 2 is 2.53 bits per heavy atom. The van der Waals surface area contributed by atoms with E-state index in [1.54, 1.807) is 12.4 Å².